The largest absolute Gasteiger partial charge is 0.298 e. The van der Waals surface area contributed by atoms with E-state index in [1.54, 1.807) is 5.38 Å². The quantitative estimate of drug-likeness (QED) is 0.465. The lowest BCUT2D eigenvalue weighted by Gasteiger charge is -2.04. The van der Waals surface area contributed by atoms with Crippen LogP contribution in [0.4, 0.5) is 18.3 Å². The summed E-state index contributed by atoms with van der Waals surface area (Å²) < 4.78 is 40.0. The molecule has 1 heterocycles. The van der Waals surface area contributed by atoms with Gasteiger partial charge in [-0.25, -0.2) is 18.2 Å². The van der Waals surface area contributed by atoms with Gasteiger partial charge in [-0.15, -0.1) is 11.3 Å². The topological polar surface area (TPSA) is 42.0 Å². The first-order chi connectivity index (χ1) is 13.0. The highest BCUT2D eigenvalue weighted by Gasteiger charge is 2.19. The van der Waals surface area contributed by atoms with Crippen LogP contribution in [-0.4, -0.2) is 10.9 Å². The van der Waals surface area contributed by atoms with Crippen molar-refractivity contribution in [3.8, 4) is 11.3 Å². The van der Waals surface area contributed by atoms with Crippen LogP contribution in [0, 0.1) is 17.5 Å². The molecule has 3 aromatic carbocycles. The SMILES string of the molecule is O=C(Nc1nc(-c2ccc3ccccc3c2)cs1)c1ccc(F)c(F)c1F. The molecular formula is C20H11F3N2OS. The average molecular weight is 384 g/mol. The first kappa shape index (κ1) is 17.2. The number of nitrogens with one attached hydrogen (secondary N) is 1. The van der Waals surface area contributed by atoms with E-state index in [0.29, 0.717) is 11.8 Å². The lowest BCUT2D eigenvalue weighted by atomic mass is 10.1. The highest BCUT2D eigenvalue weighted by molar-refractivity contribution is 7.14. The lowest BCUT2D eigenvalue weighted by molar-refractivity contribution is 0.102. The molecule has 4 aromatic rings. The molecule has 0 spiro atoms. The van der Waals surface area contributed by atoms with Crippen molar-refractivity contribution >= 4 is 33.1 Å². The molecule has 0 fully saturated rings. The minimum absolute atomic E-state index is 0.229. The zero-order valence-corrected chi connectivity index (χ0v) is 14.5. The highest BCUT2D eigenvalue weighted by atomic mass is 32.1. The maximum absolute atomic E-state index is 13.7. The van der Waals surface area contributed by atoms with Crippen LogP contribution in [0.1, 0.15) is 10.4 Å². The number of hydrogen-bond acceptors (Lipinski definition) is 3. The molecule has 27 heavy (non-hydrogen) atoms. The van der Waals surface area contributed by atoms with E-state index < -0.39 is 28.9 Å². The van der Waals surface area contributed by atoms with Gasteiger partial charge >= 0.3 is 0 Å². The Morgan fingerprint density at radius 1 is 0.926 bits per heavy atom. The molecule has 3 nitrogen and oxygen atoms in total. The number of carbonyl (C=O) groups excluding carboxylic acids is 1. The summed E-state index contributed by atoms with van der Waals surface area (Å²) in [4.78, 5) is 16.5. The number of fused-ring (bicyclic) bond motifs is 1. The molecule has 0 unspecified atom stereocenters. The second-order valence-corrected chi connectivity index (χ2v) is 6.63. The molecule has 4 rings (SSSR count). The van der Waals surface area contributed by atoms with Crippen molar-refractivity contribution in [2.24, 2.45) is 0 Å². The number of hydrogen-bond donors (Lipinski definition) is 1. The molecule has 0 saturated carbocycles. The summed E-state index contributed by atoms with van der Waals surface area (Å²) >= 11 is 1.15. The van der Waals surface area contributed by atoms with Crippen molar-refractivity contribution in [1.29, 1.82) is 0 Å². The van der Waals surface area contributed by atoms with E-state index in [0.717, 1.165) is 33.7 Å². The van der Waals surface area contributed by atoms with E-state index in [2.05, 4.69) is 10.3 Å². The van der Waals surface area contributed by atoms with Gasteiger partial charge in [0.2, 0.25) is 0 Å². The minimum atomic E-state index is -1.68. The van der Waals surface area contributed by atoms with Crippen LogP contribution in [0.15, 0.2) is 60.0 Å². The Bertz CT molecular complexity index is 1170. The van der Waals surface area contributed by atoms with Gasteiger partial charge in [-0.05, 0) is 29.0 Å². The third-order valence-corrected chi connectivity index (χ3v) is 4.81. The van der Waals surface area contributed by atoms with Gasteiger partial charge < -0.3 is 0 Å². The Labute approximate surface area is 156 Å². The van der Waals surface area contributed by atoms with E-state index in [1.807, 2.05) is 42.5 Å². The van der Waals surface area contributed by atoms with Crippen LogP contribution in [0.25, 0.3) is 22.0 Å². The maximum atomic E-state index is 13.7. The second kappa shape index (κ2) is 6.85. The Morgan fingerprint density at radius 2 is 1.70 bits per heavy atom. The van der Waals surface area contributed by atoms with Gasteiger partial charge in [-0.1, -0.05) is 36.4 Å². The molecule has 0 atom stereocenters. The predicted octanol–water partition coefficient (Wildman–Crippen LogP) is 5.63. The first-order valence-corrected chi connectivity index (χ1v) is 8.80. The summed E-state index contributed by atoms with van der Waals surface area (Å²) in [6.45, 7) is 0. The van der Waals surface area contributed by atoms with Crippen molar-refractivity contribution < 1.29 is 18.0 Å². The number of anilines is 1. The summed E-state index contributed by atoms with van der Waals surface area (Å²) in [6, 6.07) is 15.3. The number of aromatic nitrogens is 1. The molecule has 0 aliphatic heterocycles. The van der Waals surface area contributed by atoms with Gasteiger partial charge in [0, 0.05) is 10.9 Å². The molecule has 0 aliphatic rings. The van der Waals surface area contributed by atoms with Gasteiger partial charge in [0.1, 0.15) is 0 Å². The molecule has 0 aliphatic carbocycles. The number of benzene rings is 3. The second-order valence-electron chi connectivity index (χ2n) is 5.78. The first-order valence-electron chi connectivity index (χ1n) is 7.92. The fraction of sp³-hybridized carbons (Fsp3) is 0. The molecule has 1 aromatic heterocycles. The van der Waals surface area contributed by atoms with Crippen molar-refractivity contribution in [3.63, 3.8) is 0 Å². The van der Waals surface area contributed by atoms with Gasteiger partial charge in [-0.3, -0.25) is 10.1 Å². The highest BCUT2D eigenvalue weighted by Crippen LogP contribution is 2.28. The molecular weight excluding hydrogens is 373 g/mol. The monoisotopic (exact) mass is 384 g/mol. The summed E-state index contributed by atoms with van der Waals surface area (Å²) in [5.74, 6) is -5.46. The van der Waals surface area contributed by atoms with Crippen LogP contribution in [0.2, 0.25) is 0 Å². The zero-order valence-electron chi connectivity index (χ0n) is 13.7. The number of halogens is 3. The van der Waals surface area contributed by atoms with Gasteiger partial charge in [0.15, 0.2) is 22.6 Å². The number of rotatable bonds is 3. The molecule has 1 amide bonds. The third kappa shape index (κ3) is 3.29. The van der Waals surface area contributed by atoms with Crippen LogP contribution in [-0.2, 0) is 0 Å². The van der Waals surface area contributed by atoms with Gasteiger partial charge in [0.25, 0.3) is 5.91 Å². The molecule has 7 heteroatoms. The Kier molecular flexibility index (Phi) is 4.37. The average Bonchev–Trinajstić information content (AvgIpc) is 3.14. The number of amides is 1. The van der Waals surface area contributed by atoms with E-state index in [9.17, 15) is 18.0 Å². The van der Waals surface area contributed by atoms with E-state index in [1.165, 1.54) is 0 Å². The minimum Gasteiger partial charge on any atom is -0.298 e. The van der Waals surface area contributed by atoms with Crippen LogP contribution >= 0.6 is 11.3 Å². The van der Waals surface area contributed by atoms with Crippen molar-refractivity contribution in [2.45, 2.75) is 0 Å². The molecule has 134 valence electrons. The molecule has 1 N–H and O–H groups in total. The predicted molar refractivity (Wildman–Crippen MR) is 99.3 cm³/mol. The van der Waals surface area contributed by atoms with Crippen molar-refractivity contribution in [1.82, 2.24) is 4.98 Å². The van der Waals surface area contributed by atoms with E-state index in [4.69, 9.17) is 0 Å². The van der Waals surface area contributed by atoms with Crippen LogP contribution < -0.4 is 5.32 Å². The maximum Gasteiger partial charge on any atom is 0.260 e. The third-order valence-electron chi connectivity index (χ3n) is 4.05. The van der Waals surface area contributed by atoms with E-state index in [-0.39, 0.29) is 5.13 Å². The summed E-state index contributed by atoms with van der Waals surface area (Å²) in [5.41, 5.74) is 0.924. The van der Waals surface area contributed by atoms with Crippen molar-refractivity contribution in [3.05, 3.63) is 83.0 Å². The van der Waals surface area contributed by atoms with Gasteiger partial charge in [-0.2, -0.15) is 0 Å². The Morgan fingerprint density at radius 3 is 2.52 bits per heavy atom. The van der Waals surface area contributed by atoms with Crippen molar-refractivity contribution in [2.75, 3.05) is 5.32 Å². The summed E-state index contributed by atoms with van der Waals surface area (Å²) in [6.07, 6.45) is 0. The Balaban J connectivity index is 1.59. The fourth-order valence-electron chi connectivity index (χ4n) is 2.68. The molecule has 0 bridgehead atoms. The number of thiazole rings is 1. The summed E-state index contributed by atoms with van der Waals surface area (Å²) in [7, 11) is 0. The van der Waals surface area contributed by atoms with Crippen LogP contribution in [0.3, 0.4) is 0 Å². The standard InChI is InChI=1S/C20H11F3N2OS/c21-15-8-7-14(17(22)18(15)23)19(26)25-20-24-16(10-27-20)13-6-5-11-3-1-2-4-12(11)9-13/h1-10H,(H,24,25,26). The molecule has 0 radical (unpaired) electrons. The fourth-order valence-corrected chi connectivity index (χ4v) is 3.39. The zero-order chi connectivity index (χ0) is 19.0. The van der Waals surface area contributed by atoms with Crippen LogP contribution in [0.5, 0.6) is 0 Å². The smallest absolute Gasteiger partial charge is 0.260 e. The lowest BCUT2D eigenvalue weighted by Crippen LogP contribution is -2.15. The normalized spacial score (nSPS) is 10.9. The van der Waals surface area contributed by atoms with Gasteiger partial charge in [0.05, 0.1) is 11.3 Å². The number of carbonyl (C=O) groups is 1. The molecule has 0 saturated heterocycles. The van der Waals surface area contributed by atoms with E-state index >= 15 is 0 Å². The summed E-state index contributed by atoms with van der Waals surface area (Å²) in [5, 5.41) is 6.54. The number of nitrogens with zero attached hydrogens (tertiary/aromatic N) is 1. The Hall–Kier alpha value is -3.19.